The van der Waals surface area contributed by atoms with Crippen LogP contribution in [0.4, 0.5) is 0 Å². The van der Waals surface area contributed by atoms with E-state index in [-0.39, 0.29) is 12.8 Å². The number of amides is 2. The number of aliphatic hydroxyl groups excluding tert-OH is 7. The molecule has 15 heteroatoms. The molecule has 0 aromatic carbocycles. The molecule has 0 unspecified atom stereocenters. The minimum atomic E-state index is -1.66. The van der Waals surface area contributed by atoms with Gasteiger partial charge in [-0.05, 0) is 13.8 Å². The molecule has 0 aromatic rings. The second-order valence-electron chi connectivity index (χ2n) is 8.85. The fraction of sp³-hybridized carbons (Fsp3) is 0.905. The van der Waals surface area contributed by atoms with Crippen LogP contribution >= 0.6 is 0 Å². The summed E-state index contributed by atoms with van der Waals surface area (Å²) in [7, 11) is 1.24. The molecule has 12 atom stereocenters. The monoisotopic (exact) mass is 526 g/mol. The van der Waals surface area contributed by atoms with Crippen molar-refractivity contribution in [2.24, 2.45) is 0 Å². The third-order valence-corrected chi connectivity index (χ3v) is 6.26. The first-order chi connectivity index (χ1) is 17.0. The Hall–Kier alpha value is -1.50. The summed E-state index contributed by atoms with van der Waals surface area (Å²) in [5, 5.41) is 74.3. The predicted molar refractivity (Wildman–Crippen MR) is 118 cm³/mol. The van der Waals surface area contributed by atoms with Gasteiger partial charge in [-0.15, -0.1) is 0 Å². The Labute approximate surface area is 207 Å². The van der Waals surface area contributed by atoms with Crippen LogP contribution in [-0.4, -0.2) is 141 Å². The molecule has 0 aliphatic carbocycles. The van der Waals surface area contributed by atoms with Crippen molar-refractivity contribution in [2.45, 2.75) is 100 Å². The molecule has 2 aliphatic rings. The van der Waals surface area contributed by atoms with Crippen molar-refractivity contribution < 1.29 is 64.3 Å². The number of carbonyl (C=O) groups excluding carboxylic acids is 2. The first-order valence-electron chi connectivity index (χ1n) is 11.7. The van der Waals surface area contributed by atoms with Crippen molar-refractivity contribution in [1.82, 2.24) is 10.6 Å². The van der Waals surface area contributed by atoms with Crippen LogP contribution in [0.1, 0.15) is 26.7 Å². The summed E-state index contributed by atoms with van der Waals surface area (Å²) in [4.78, 5) is 24.3. The molecule has 2 saturated heterocycles. The highest BCUT2D eigenvalue weighted by molar-refractivity contribution is 5.81. The van der Waals surface area contributed by atoms with Gasteiger partial charge < -0.3 is 65.3 Å². The van der Waals surface area contributed by atoms with E-state index in [2.05, 4.69) is 10.6 Å². The molecule has 0 saturated carbocycles. The van der Waals surface area contributed by atoms with Crippen LogP contribution in [0.2, 0.25) is 0 Å². The summed E-state index contributed by atoms with van der Waals surface area (Å²) in [5.74, 6) is -1.70. The zero-order chi connectivity index (χ0) is 27.2. The largest absolute Gasteiger partial charge is 0.396 e. The number of nitrogens with one attached hydrogen (secondary N) is 2. The van der Waals surface area contributed by atoms with Crippen molar-refractivity contribution in [2.75, 3.05) is 20.3 Å². The number of ether oxygens (including phenoxy) is 4. The average Bonchev–Trinajstić information content (AvgIpc) is 2.82. The Morgan fingerprint density at radius 3 is 1.72 bits per heavy atom. The molecule has 0 spiro atoms. The van der Waals surface area contributed by atoms with Gasteiger partial charge in [-0.1, -0.05) is 0 Å². The Bertz CT molecular complexity index is 715. The molecule has 2 rings (SSSR count). The molecule has 0 aromatic heterocycles. The Kier molecular flexibility index (Phi) is 11.8. The predicted octanol–water partition coefficient (Wildman–Crippen LogP) is -4.95. The van der Waals surface area contributed by atoms with Crippen LogP contribution in [0, 0.1) is 0 Å². The lowest BCUT2D eigenvalue weighted by Gasteiger charge is -2.47. The van der Waals surface area contributed by atoms with Crippen molar-refractivity contribution in [3.8, 4) is 0 Å². The van der Waals surface area contributed by atoms with Gasteiger partial charge in [-0.25, -0.2) is 0 Å². The van der Waals surface area contributed by atoms with Crippen LogP contribution in [0.3, 0.4) is 0 Å². The van der Waals surface area contributed by atoms with E-state index in [0.29, 0.717) is 0 Å². The van der Waals surface area contributed by atoms with Crippen molar-refractivity contribution in [3.63, 3.8) is 0 Å². The third-order valence-electron chi connectivity index (χ3n) is 6.26. The molecular formula is C21H38N2O13. The molecule has 2 fully saturated rings. The molecule has 15 nitrogen and oxygen atoms in total. The molecule has 36 heavy (non-hydrogen) atoms. The fourth-order valence-electron chi connectivity index (χ4n) is 4.15. The Morgan fingerprint density at radius 1 is 0.833 bits per heavy atom. The van der Waals surface area contributed by atoms with Crippen molar-refractivity contribution in [3.05, 3.63) is 0 Å². The van der Waals surface area contributed by atoms with E-state index >= 15 is 0 Å². The maximum absolute atomic E-state index is 12.2. The van der Waals surface area contributed by atoms with Gasteiger partial charge in [-0.3, -0.25) is 9.59 Å². The van der Waals surface area contributed by atoms with Gasteiger partial charge in [0.15, 0.2) is 12.6 Å². The van der Waals surface area contributed by atoms with Gasteiger partial charge in [0, 0.05) is 33.2 Å². The molecule has 2 heterocycles. The highest BCUT2D eigenvalue weighted by Gasteiger charge is 2.50. The molecule has 0 bridgehead atoms. The van der Waals surface area contributed by atoms with Gasteiger partial charge in [-0.2, -0.15) is 0 Å². The zero-order valence-corrected chi connectivity index (χ0v) is 20.3. The lowest BCUT2D eigenvalue weighted by Crippen LogP contribution is -2.68. The van der Waals surface area contributed by atoms with Gasteiger partial charge in [0.2, 0.25) is 11.8 Å². The van der Waals surface area contributed by atoms with Crippen molar-refractivity contribution in [1.29, 1.82) is 0 Å². The van der Waals surface area contributed by atoms with E-state index in [0.717, 1.165) is 0 Å². The van der Waals surface area contributed by atoms with Crippen LogP contribution in [0.25, 0.3) is 0 Å². The first kappa shape index (κ1) is 30.7. The quantitative estimate of drug-likeness (QED) is 0.123. The number of hydrogen-bond donors (Lipinski definition) is 9. The van der Waals surface area contributed by atoms with E-state index in [1.54, 1.807) is 0 Å². The van der Waals surface area contributed by atoms with Gasteiger partial charge in [0.05, 0.1) is 24.3 Å². The van der Waals surface area contributed by atoms with E-state index in [9.17, 15) is 35.1 Å². The highest BCUT2D eigenvalue weighted by atomic mass is 16.7. The van der Waals surface area contributed by atoms with Crippen LogP contribution in [0.5, 0.6) is 0 Å². The SMILES string of the molecule is CO[C@@H]1[C@@H](O[C@H]2[C@@H](O)[C@H](NC(=O)[C@@H](O)CCO)[C@@H](C)O[C@@H]2O)O[C@H](C)[C@@H](NC(=O)[C@@H](O)CCO)[C@@H]1O. The first-order valence-corrected chi connectivity index (χ1v) is 11.7. The molecule has 9 N–H and O–H groups in total. The van der Waals surface area contributed by atoms with Gasteiger partial charge in [0.1, 0.15) is 36.6 Å². The number of aliphatic hydroxyl groups is 7. The second kappa shape index (κ2) is 13.9. The van der Waals surface area contributed by atoms with E-state index in [4.69, 9.17) is 29.2 Å². The molecule has 0 radical (unpaired) electrons. The summed E-state index contributed by atoms with van der Waals surface area (Å²) in [6.07, 6.45) is -13.9. The van der Waals surface area contributed by atoms with E-state index < -0.39 is 98.5 Å². The van der Waals surface area contributed by atoms with Crippen molar-refractivity contribution >= 4 is 11.8 Å². The molecule has 2 amide bonds. The Balaban J connectivity index is 2.12. The minimum Gasteiger partial charge on any atom is -0.396 e. The minimum absolute atomic E-state index is 0.200. The average molecular weight is 527 g/mol. The second-order valence-corrected chi connectivity index (χ2v) is 8.85. The Morgan fingerprint density at radius 2 is 1.28 bits per heavy atom. The molecular weight excluding hydrogens is 488 g/mol. The smallest absolute Gasteiger partial charge is 0.249 e. The normalized spacial score (nSPS) is 38.7. The maximum Gasteiger partial charge on any atom is 0.249 e. The summed E-state index contributed by atoms with van der Waals surface area (Å²) in [6, 6.07) is -2.15. The molecule has 2 aliphatic heterocycles. The number of carbonyl (C=O) groups is 2. The summed E-state index contributed by atoms with van der Waals surface area (Å²) < 4.78 is 22.1. The number of rotatable bonds is 11. The fourth-order valence-corrected chi connectivity index (χ4v) is 4.15. The standard InChI is InChI=1S/C21H38N2O13/c1-8-12(22-18(30)10(26)4-6-24)14(28)16(20(32)34-8)36-21-17(33-3)15(29)13(9(2)35-21)23-19(31)11(27)5-7-25/h8-17,20-21,24-29,32H,4-7H2,1-3H3,(H,22,30)(H,23,31)/t8-,9-,10+,11+,12-,13-,14+,15+,16+,17+,20+,21-/m1/s1. The number of hydrogen-bond acceptors (Lipinski definition) is 13. The third kappa shape index (κ3) is 7.29. The molecule has 210 valence electrons. The number of methoxy groups -OCH3 is 1. The maximum atomic E-state index is 12.2. The van der Waals surface area contributed by atoms with Gasteiger partial charge >= 0.3 is 0 Å². The van der Waals surface area contributed by atoms with Crippen LogP contribution < -0.4 is 10.6 Å². The summed E-state index contributed by atoms with van der Waals surface area (Å²) in [6.45, 7) is 2.13. The lowest BCUT2D eigenvalue weighted by atomic mass is 9.94. The van der Waals surface area contributed by atoms with E-state index in [1.165, 1.54) is 21.0 Å². The topological polar surface area (TPSA) is 237 Å². The van der Waals surface area contributed by atoms with Gasteiger partial charge in [0.25, 0.3) is 0 Å². The van der Waals surface area contributed by atoms with Crippen LogP contribution in [-0.2, 0) is 28.5 Å². The van der Waals surface area contributed by atoms with E-state index in [1.807, 2.05) is 0 Å². The highest BCUT2D eigenvalue weighted by Crippen LogP contribution is 2.29. The van der Waals surface area contributed by atoms with Crippen LogP contribution in [0.15, 0.2) is 0 Å². The lowest BCUT2D eigenvalue weighted by molar-refractivity contribution is -0.341. The zero-order valence-electron chi connectivity index (χ0n) is 20.3. The summed E-state index contributed by atoms with van der Waals surface area (Å²) >= 11 is 0. The summed E-state index contributed by atoms with van der Waals surface area (Å²) in [5.41, 5.74) is 0.